The van der Waals surface area contributed by atoms with Crippen molar-refractivity contribution in [2.75, 3.05) is 59.5 Å². The minimum Gasteiger partial charge on any atom is -0.394 e. The van der Waals surface area contributed by atoms with Gasteiger partial charge in [0.15, 0.2) is 56.6 Å². The van der Waals surface area contributed by atoms with E-state index in [0.29, 0.717) is 0 Å². The summed E-state index contributed by atoms with van der Waals surface area (Å²) in [7, 11) is 0. The lowest BCUT2D eigenvalue weighted by Gasteiger charge is -2.50. The quantitative estimate of drug-likeness (QED) is 0.0404. The second-order valence-corrected chi connectivity index (χ2v) is 25.2. The molecule has 100 heavy (non-hydrogen) atoms. The van der Waals surface area contributed by atoms with E-state index in [4.69, 9.17) is 80.5 Å². The summed E-state index contributed by atoms with van der Waals surface area (Å²) < 4.78 is 95.4. The van der Waals surface area contributed by atoms with E-state index >= 15 is 0 Å². The second-order valence-electron chi connectivity index (χ2n) is 25.2. The summed E-state index contributed by atoms with van der Waals surface area (Å²) in [6.07, 6.45) is -94.0. The van der Waals surface area contributed by atoms with Gasteiger partial charge in [-0.05, 0) is 0 Å². The highest BCUT2D eigenvalue weighted by molar-refractivity contribution is 5.02. The van der Waals surface area contributed by atoms with E-state index in [-0.39, 0.29) is 0 Å². The average Bonchev–Trinajstić information content (AvgIpc) is 0.777. The first-order valence-electron chi connectivity index (χ1n) is 31.7. The molecular formula is C54H92O46. The molecule has 1 unspecified atom stereocenters. The predicted octanol–water partition coefficient (Wildman–Crippen LogP) is -20.6. The molecule has 0 saturated carbocycles. The Balaban J connectivity index is 0.908. The first kappa shape index (κ1) is 82.2. The van der Waals surface area contributed by atoms with Gasteiger partial charge in [0.05, 0.1) is 59.5 Å². The molecule has 46 heteroatoms. The number of rotatable bonds is 25. The third kappa shape index (κ3) is 16.9. The van der Waals surface area contributed by atoms with Crippen molar-refractivity contribution < 1.29 is 229 Å². The third-order valence-electron chi connectivity index (χ3n) is 18.8. The highest BCUT2D eigenvalue weighted by atomic mass is 16.8. The van der Waals surface area contributed by atoms with Crippen LogP contribution in [0.4, 0.5) is 0 Å². The van der Waals surface area contributed by atoms with Crippen LogP contribution in [0.25, 0.3) is 0 Å². The Labute approximate surface area is 563 Å². The fourth-order valence-electron chi connectivity index (χ4n) is 12.8. The van der Waals surface area contributed by atoms with Crippen LogP contribution < -0.4 is 0 Å². The zero-order valence-corrected chi connectivity index (χ0v) is 52.3. The standard InChI is InChI=1S/C54H92O46/c55-1-10-19(63)28(72)30(74)47(86-10)84-9-18-27(71)45(95-48-31(75)29(73)20(64)11(2-56)87-48)38(82)54(93-18)100-44-26(70)17(8-62)92-53(37(44)81)99-43-25(69)16(7-61)91-52(36(43)80)98-42-24(68)15(6-60)90-51(35(42)79)97-41-23(67)14(5-59)89-50(34(41)78)96-40-22(66)13(4-58)88-49(33(40)77)94-39-21(65)12(3-57)85-46(83)32(39)76/h10-83H,1-9H2/t10-,11-,12-,13-,14-,15-,16-,17-,18-,19-,20-,21-,22-,23-,24-,25-,26-,27-,28+,29+,30-,31-,32-,33-,34-,35-,36-,37-,38-,39+,40+,41+,42+,43+,44+,45+,46?,47-,48+,49+,50+,51+,52+,53+,54+/m1/s1. The topological polar surface area (TPSA) is 744 Å². The van der Waals surface area contributed by atoms with Gasteiger partial charge in [0, 0.05) is 0 Å². The number of aliphatic hydroxyl groups excluding tert-OH is 29. The predicted molar refractivity (Wildman–Crippen MR) is 297 cm³/mol. The summed E-state index contributed by atoms with van der Waals surface area (Å²) in [5.74, 6) is 0. The normalized spacial score (nSPS) is 53.7. The van der Waals surface area contributed by atoms with Crippen molar-refractivity contribution in [3.63, 3.8) is 0 Å². The monoisotopic (exact) mass is 1480 g/mol. The van der Waals surface area contributed by atoms with Crippen molar-refractivity contribution in [3.05, 3.63) is 0 Å². The lowest BCUT2D eigenvalue weighted by atomic mass is 9.95. The van der Waals surface area contributed by atoms with E-state index < -0.39 is 336 Å². The van der Waals surface area contributed by atoms with Crippen molar-refractivity contribution in [2.45, 2.75) is 276 Å². The lowest BCUT2D eigenvalue weighted by Crippen LogP contribution is -2.69. The number of hydrogen-bond acceptors (Lipinski definition) is 46. The fraction of sp³-hybridized carbons (Fsp3) is 1.00. The molecule has 0 aliphatic carbocycles. The van der Waals surface area contributed by atoms with Crippen LogP contribution >= 0.6 is 0 Å². The van der Waals surface area contributed by atoms with Crippen LogP contribution in [-0.4, -0.2) is 484 Å². The van der Waals surface area contributed by atoms with Gasteiger partial charge in [0.1, 0.15) is 220 Å². The molecule has 0 spiro atoms. The third-order valence-corrected chi connectivity index (χ3v) is 18.8. The zero-order chi connectivity index (χ0) is 73.4. The van der Waals surface area contributed by atoms with Gasteiger partial charge in [-0.1, -0.05) is 0 Å². The van der Waals surface area contributed by atoms with E-state index in [0.717, 1.165) is 0 Å². The van der Waals surface area contributed by atoms with Gasteiger partial charge in [-0.25, -0.2) is 0 Å². The second kappa shape index (κ2) is 35.5. The molecule has 9 rings (SSSR count). The molecule has 0 aromatic carbocycles. The highest BCUT2D eigenvalue weighted by Gasteiger charge is 2.60. The Morgan fingerprint density at radius 2 is 0.350 bits per heavy atom. The summed E-state index contributed by atoms with van der Waals surface area (Å²) in [4.78, 5) is 0. The number of ether oxygens (including phenoxy) is 17. The van der Waals surface area contributed by atoms with Gasteiger partial charge in [-0.15, -0.1) is 0 Å². The van der Waals surface area contributed by atoms with Crippen molar-refractivity contribution in [2.24, 2.45) is 0 Å². The van der Waals surface area contributed by atoms with Crippen LogP contribution in [0.15, 0.2) is 0 Å². The van der Waals surface area contributed by atoms with Crippen LogP contribution in [-0.2, 0) is 80.5 Å². The van der Waals surface area contributed by atoms with Crippen LogP contribution in [0.3, 0.4) is 0 Å². The molecule has 9 aliphatic rings. The molecule has 9 aliphatic heterocycles. The maximum atomic E-state index is 11.9. The van der Waals surface area contributed by atoms with Gasteiger partial charge >= 0.3 is 0 Å². The van der Waals surface area contributed by atoms with E-state index in [1.165, 1.54) is 0 Å². The zero-order valence-electron chi connectivity index (χ0n) is 52.3. The minimum atomic E-state index is -2.45. The van der Waals surface area contributed by atoms with Crippen molar-refractivity contribution >= 4 is 0 Å². The van der Waals surface area contributed by atoms with Crippen molar-refractivity contribution in [3.8, 4) is 0 Å². The molecule has 0 radical (unpaired) electrons. The number of hydrogen-bond donors (Lipinski definition) is 29. The lowest BCUT2D eigenvalue weighted by molar-refractivity contribution is -0.402. The minimum absolute atomic E-state index is 0.909. The molecule has 584 valence electrons. The Morgan fingerprint density at radius 1 is 0.170 bits per heavy atom. The summed E-state index contributed by atoms with van der Waals surface area (Å²) in [5, 5.41) is 315. The van der Waals surface area contributed by atoms with Gasteiger partial charge in [0.2, 0.25) is 0 Å². The maximum Gasteiger partial charge on any atom is 0.187 e. The SMILES string of the molecule is OC[C@H]1O[C@@H](OC[C@H]2O[C@@H](O[C@@H]3[C@@H](O)[C@H](O[C@@H]4[C@@H](O)[C@H](O[C@@H]5[C@@H](O)[C@H](O[C@@H]6[C@@H](O)[C@H](O[C@@H]7[C@@H](O)[C@H](O[C@H]8[C@H](O)[C@@H](CO)OC(O)[C@@H]8O)O[C@H](CO)[C@H]7O)O[C@H](CO)[C@H]6O)O[C@H](CO)[C@H]5O)O[C@H](CO)[C@H]4O)O[C@H](CO)[C@H]3O)[C@H](O)[C@@H](O[C@@H]3O[C@H](CO)[C@@H](O)[C@H](O)[C@H]3O)[C@@H]2O)[C@H](O)[C@@H](O)[C@@H]1O. The Kier molecular flexibility index (Phi) is 29.2. The highest BCUT2D eigenvalue weighted by Crippen LogP contribution is 2.40. The van der Waals surface area contributed by atoms with Crippen LogP contribution in [0.1, 0.15) is 0 Å². The van der Waals surface area contributed by atoms with Crippen LogP contribution in [0, 0.1) is 0 Å². The van der Waals surface area contributed by atoms with E-state index in [9.17, 15) is 148 Å². The van der Waals surface area contributed by atoms with Crippen LogP contribution in [0.2, 0.25) is 0 Å². The molecule has 9 heterocycles. The molecule has 0 amide bonds. The summed E-state index contributed by atoms with van der Waals surface area (Å²) >= 11 is 0. The smallest absolute Gasteiger partial charge is 0.187 e. The average molecular weight is 1480 g/mol. The van der Waals surface area contributed by atoms with E-state index in [2.05, 4.69) is 0 Å². The molecule has 29 N–H and O–H groups in total. The molecule has 0 bridgehead atoms. The fourth-order valence-corrected chi connectivity index (χ4v) is 12.8. The van der Waals surface area contributed by atoms with Gasteiger partial charge in [0.25, 0.3) is 0 Å². The molecule has 45 atom stereocenters. The van der Waals surface area contributed by atoms with E-state index in [1.54, 1.807) is 0 Å². The van der Waals surface area contributed by atoms with Gasteiger partial charge in [-0.2, -0.15) is 0 Å². The van der Waals surface area contributed by atoms with Crippen molar-refractivity contribution in [1.82, 2.24) is 0 Å². The Hall–Kier alpha value is -1.84. The molecular weight excluding hydrogens is 1380 g/mol. The molecule has 9 fully saturated rings. The summed E-state index contributed by atoms with van der Waals surface area (Å²) in [5.41, 5.74) is 0. The number of aliphatic hydroxyl groups is 29. The van der Waals surface area contributed by atoms with E-state index in [1.807, 2.05) is 0 Å². The summed E-state index contributed by atoms with van der Waals surface area (Å²) in [6, 6.07) is 0. The van der Waals surface area contributed by atoms with Crippen LogP contribution in [0.5, 0.6) is 0 Å². The molecule has 46 nitrogen and oxygen atoms in total. The maximum absolute atomic E-state index is 11.9. The Bertz CT molecular complexity index is 2460. The molecule has 0 aromatic heterocycles. The Morgan fingerprint density at radius 3 is 0.600 bits per heavy atom. The van der Waals surface area contributed by atoms with Crippen molar-refractivity contribution in [1.29, 1.82) is 0 Å². The first-order chi connectivity index (χ1) is 47.4. The largest absolute Gasteiger partial charge is 0.394 e. The first-order valence-corrected chi connectivity index (χ1v) is 31.7. The summed E-state index contributed by atoms with van der Waals surface area (Å²) in [6.45, 7) is -9.45. The molecule has 0 aromatic rings. The van der Waals surface area contributed by atoms with Gasteiger partial charge in [-0.3, -0.25) is 0 Å². The molecule has 9 saturated heterocycles. The van der Waals surface area contributed by atoms with Gasteiger partial charge < -0.3 is 229 Å².